The quantitative estimate of drug-likeness (QED) is 0.196. The molecule has 0 spiro atoms. The largest absolute Gasteiger partial charge is 0.456 e. The normalized spacial score (nSPS) is 12.3. The third kappa shape index (κ3) is 3.21. The van der Waals surface area contributed by atoms with E-state index in [0.717, 1.165) is 49.7 Å². The monoisotopic (exact) mass is 605 g/mol. The molecule has 0 N–H and O–H groups in total. The van der Waals surface area contributed by atoms with Crippen LogP contribution in [0, 0.1) is 0 Å². The van der Waals surface area contributed by atoms with Gasteiger partial charge in [0.15, 0.2) is 5.58 Å². The third-order valence-electron chi connectivity index (χ3n) is 9.61. The molecule has 0 bridgehead atoms. The Morgan fingerprint density at radius 2 is 1.09 bits per heavy atom. The minimum absolute atomic E-state index is 0.905. The van der Waals surface area contributed by atoms with Crippen LogP contribution in [-0.2, 0) is 0 Å². The van der Waals surface area contributed by atoms with Crippen molar-refractivity contribution < 1.29 is 8.83 Å². The molecule has 214 valence electrons. The second-order valence-electron chi connectivity index (χ2n) is 12.1. The molecule has 4 heteroatoms. The van der Waals surface area contributed by atoms with E-state index in [9.17, 15) is 0 Å². The van der Waals surface area contributed by atoms with E-state index in [1.165, 1.54) is 52.9 Å². The van der Waals surface area contributed by atoms with Crippen molar-refractivity contribution >= 4 is 97.2 Å². The topological polar surface area (TPSA) is 31.2 Å². The first-order valence-electron chi connectivity index (χ1n) is 15.5. The Hall–Kier alpha value is -5.84. The molecule has 0 aliphatic rings. The number of hydrogen-bond acceptors (Lipinski definition) is 3. The molecular weight excluding hydrogens is 583 g/mol. The average Bonchev–Trinajstić information content (AvgIpc) is 3.86. The molecule has 0 atom stereocenters. The van der Waals surface area contributed by atoms with Crippen molar-refractivity contribution in [1.29, 1.82) is 0 Å². The van der Waals surface area contributed by atoms with Gasteiger partial charge in [-0.1, -0.05) is 78.9 Å². The first kappa shape index (κ1) is 24.5. The van der Waals surface area contributed by atoms with Crippen LogP contribution >= 0.6 is 11.3 Å². The molecule has 0 radical (unpaired) electrons. The van der Waals surface area contributed by atoms with Crippen LogP contribution in [0.5, 0.6) is 0 Å². The second-order valence-corrected chi connectivity index (χ2v) is 13.1. The summed E-state index contributed by atoms with van der Waals surface area (Å²) in [6.07, 6.45) is 0. The Kier molecular flexibility index (Phi) is 4.72. The molecule has 11 aromatic rings. The summed E-state index contributed by atoms with van der Waals surface area (Å²) in [6, 6.07) is 49.8. The highest BCUT2D eigenvalue weighted by atomic mass is 32.1. The van der Waals surface area contributed by atoms with Crippen molar-refractivity contribution in [2.24, 2.45) is 0 Å². The maximum atomic E-state index is 6.79. The fourth-order valence-electron chi connectivity index (χ4n) is 7.58. The van der Waals surface area contributed by atoms with Gasteiger partial charge in [-0.2, -0.15) is 0 Å². The Bertz CT molecular complexity index is 2990. The second kappa shape index (κ2) is 8.87. The van der Waals surface area contributed by atoms with E-state index in [1.807, 2.05) is 23.5 Å². The fourth-order valence-corrected chi connectivity index (χ4v) is 8.68. The number of benzene rings is 7. The summed E-state index contributed by atoms with van der Waals surface area (Å²) in [4.78, 5) is 0. The SMILES string of the molecule is c1ccc2c(c1)oc1cc(-c3ccc4sc5ccc6oc7c(-n8c9ccccc9c9ccccc98)cccc7c6c5c4c3)ccc12. The van der Waals surface area contributed by atoms with Crippen molar-refractivity contribution in [2.75, 3.05) is 0 Å². The van der Waals surface area contributed by atoms with Gasteiger partial charge in [-0.15, -0.1) is 11.3 Å². The molecule has 7 aromatic carbocycles. The molecule has 46 heavy (non-hydrogen) atoms. The summed E-state index contributed by atoms with van der Waals surface area (Å²) in [7, 11) is 0. The Morgan fingerprint density at radius 1 is 0.413 bits per heavy atom. The molecule has 0 saturated heterocycles. The van der Waals surface area contributed by atoms with Gasteiger partial charge in [-0.25, -0.2) is 0 Å². The van der Waals surface area contributed by atoms with Crippen LogP contribution in [0.15, 0.2) is 148 Å². The zero-order chi connectivity index (χ0) is 29.9. The molecule has 4 heterocycles. The molecule has 0 aliphatic carbocycles. The van der Waals surface area contributed by atoms with Gasteiger partial charge in [0, 0.05) is 52.5 Å². The number of hydrogen-bond donors (Lipinski definition) is 0. The maximum absolute atomic E-state index is 6.79. The van der Waals surface area contributed by atoms with Gasteiger partial charge in [0.1, 0.15) is 16.7 Å². The lowest BCUT2D eigenvalue weighted by atomic mass is 9.99. The lowest BCUT2D eigenvalue weighted by molar-refractivity contribution is 0.666. The van der Waals surface area contributed by atoms with E-state index in [1.54, 1.807) is 0 Å². The molecule has 0 saturated carbocycles. The minimum atomic E-state index is 0.905. The first-order valence-corrected chi connectivity index (χ1v) is 16.3. The molecule has 3 nitrogen and oxygen atoms in total. The van der Waals surface area contributed by atoms with E-state index in [4.69, 9.17) is 8.83 Å². The number of rotatable bonds is 2. The van der Waals surface area contributed by atoms with Crippen LogP contribution in [0.1, 0.15) is 0 Å². The van der Waals surface area contributed by atoms with Gasteiger partial charge in [0.2, 0.25) is 0 Å². The highest BCUT2D eigenvalue weighted by Crippen LogP contribution is 2.45. The maximum Gasteiger partial charge on any atom is 0.159 e. The van der Waals surface area contributed by atoms with E-state index >= 15 is 0 Å². The van der Waals surface area contributed by atoms with Gasteiger partial charge < -0.3 is 13.4 Å². The Labute approximate surface area is 266 Å². The van der Waals surface area contributed by atoms with Gasteiger partial charge in [-0.3, -0.25) is 0 Å². The van der Waals surface area contributed by atoms with Gasteiger partial charge >= 0.3 is 0 Å². The van der Waals surface area contributed by atoms with Crippen LogP contribution in [-0.4, -0.2) is 4.57 Å². The summed E-state index contributed by atoms with van der Waals surface area (Å²) in [5.74, 6) is 0. The predicted molar refractivity (Wildman–Crippen MR) is 194 cm³/mol. The van der Waals surface area contributed by atoms with E-state index in [2.05, 4.69) is 132 Å². The van der Waals surface area contributed by atoms with E-state index in [0.29, 0.717) is 0 Å². The highest BCUT2D eigenvalue weighted by molar-refractivity contribution is 7.26. The Balaban J connectivity index is 1.17. The summed E-state index contributed by atoms with van der Waals surface area (Å²) in [5, 5.41) is 9.58. The van der Waals surface area contributed by atoms with Gasteiger partial charge in [-0.05, 0) is 71.8 Å². The summed E-state index contributed by atoms with van der Waals surface area (Å²) in [6.45, 7) is 0. The number of para-hydroxylation sites is 4. The molecule has 0 aliphatic heterocycles. The zero-order valence-corrected chi connectivity index (χ0v) is 25.3. The summed E-state index contributed by atoms with van der Waals surface area (Å²) >= 11 is 1.84. The van der Waals surface area contributed by atoms with Gasteiger partial charge in [0.05, 0.1) is 16.7 Å². The number of aromatic nitrogens is 1. The smallest absolute Gasteiger partial charge is 0.159 e. The molecule has 11 rings (SSSR count). The zero-order valence-electron chi connectivity index (χ0n) is 24.5. The first-order chi connectivity index (χ1) is 22.8. The average molecular weight is 606 g/mol. The highest BCUT2D eigenvalue weighted by Gasteiger charge is 2.20. The number of furan rings is 2. The Morgan fingerprint density at radius 3 is 1.93 bits per heavy atom. The number of fused-ring (bicyclic) bond motifs is 13. The predicted octanol–water partition coefficient (Wildman–Crippen LogP) is 12.6. The minimum Gasteiger partial charge on any atom is -0.456 e. The van der Waals surface area contributed by atoms with Crippen LogP contribution < -0.4 is 0 Å². The van der Waals surface area contributed by atoms with Crippen molar-refractivity contribution in [2.45, 2.75) is 0 Å². The van der Waals surface area contributed by atoms with E-state index < -0.39 is 0 Å². The van der Waals surface area contributed by atoms with Crippen LogP contribution in [0.3, 0.4) is 0 Å². The molecule has 4 aromatic heterocycles. The standard InChI is InChI=1S/C42H23NO2S/c1-4-12-32-26(8-1)27-9-2-5-13-33(27)43(32)34-14-7-11-30-40-36(45-42(30)34)19-21-39-41(40)31-22-24(17-20-38(31)46-39)25-16-18-29-28-10-3-6-15-35(28)44-37(29)23-25/h1-23H. The fraction of sp³-hybridized carbons (Fsp3) is 0. The van der Waals surface area contributed by atoms with Crippen LogP contribution in [0.25, 0.3) is 103 Å². The third-order valence-corrected chi connectivity index (χ3v) is 10.7. The summed E-state index contributed by atoms with van der Waals surface area (Å²) < 4.78 is 17.9. The van der Waals surface area contributed by atoms with Crippen molar-refractivity contribution in [3.8, 4) is 16.8 Å². The molecule has 0 fully saturated rings. The van der Waals surface area contributed by atoms with Crippen molar-refractivity contribution in [1.82, 2.24) is 4.57 Å². The van der Waals surface area contributed by atoms with Crippen LogP contribution in [0.4, 0.5) is 0 Å². The van der Waals surface area contributed by atoms with Gasteiger partial charge in [0.25, 0.3) is 0 Å². The summed E-state index contributed by atoms with van der Waals surface area (Å²) in [5.41, 5.74) is 9.36. The van der Waals surface area contributed by atoms with Crippen molar-refractivity contribution in [3.05, 3.63) is 140 Å². The molecule has 0 unspecified atom stereocenters. The number of nitrogens with zero attached hydrogens (tertiary/aromatic N) is 1. The molecular formula is C42H23NO2S. The molecule has 0 amide bonds. The van der Waals surface area contributed by atoms with Crippen molar-refractivity contribution in [3.63, 3.8) is 0 Å². The lowest BCUT2D eigenvalue weighted by Gasteiger charge is -2.08. The number of thiophene rings is 1. The van der Waals surface area contributed by atoms with E-state index in [-0.39, 0.29) is 0 Å². The lowest BCUT2D eigenvalue weighted by Crippen LogP contribution is -1.93. The van der Waals surface area contributed by atoms with Crippen LogP contribution in [0.2, 0.25) is 0 Å².